The molecule has 3 rings (SSSR count). The number of ether oxygens (including phenoxy) is 10. The van der Waals surface area contributed by atoms with Crippen molar-refractivity contribution in [2.24, 2.45) is 23.7 Å². The van der Waals surface area contributed by atoms with Crippen LogP contribution in [0.2, 0.25) is 0 Å². The van der Waals surface area contributed by atoms with Crippen molar-refractivity contribution in [3.05, 3.63) is 58.1 Å². The zero-order valence-electron chi connectivity index (χ0n) is 71.7. The van der Waals surface area contributed by atoms with Crippen molar-refractivity contribution in [3.8, 4) is 5.75 Å². The predicted molar refractivity (Wildman–Crippen MR) is 439 cm³/mol. The van der Waals surface area contributed by atoms with E-state index in [4.69, 9.17) is 47.4 Å². The number of nitrogens with zero attached hydrogens (tertiary/aromatic N) is 4. The van der Waals surface area contributed by atoms with Gasteiger partial charge in [0.1, 0.15) is 53.3 Å². The van der Waals surface area contributed by atoms with Crippen molar-refractivity contribution in [2.75, 3.05) is 179 Å². The Morgan fingerprint density at radius 2 is 1.12 bits per heavy atom. The lowest BCUT2D eigenvalue weighted by Gasteiger charge is -2.39. The topological polar surface area (TPSA) is 477 Å². The molecule has 11 N–H and O–H groups in total. The second-order valence-electron chi connectivity index (χ2n) is 30.1. The number of nitrogens with one attached hydrogen (secondary N) is 8. The van der Waals surface area contributed by atoms with Crippen molar-refractivity contribution >= 4 is 82.3 Å². The number of aromatic nitrogens is 1. The number of likely N-dealkylation sites (N-methyl/N-ethyl adjacent to an activating group) is 2. The molecule has 0 radical (unpaired) electrons. The zero-order chi connectivity index (χ0) is 88.2. The van der Waals surface area contributed by atoms with E-state index in [9.17, 15) is 72.9 Å². The lowest BCUT2D eigenvalue weighted by atomic mass is 9.92. The number of carboxylic acid groups (broad SMARTS) is 1. The van der Waals surface area contributed by atoms with E-state index >= 15 is 0 Å². The number of carboxylic acids is 1. The third kappa shape index (κ3) is 42.7. The van der Waals surface area contributed by atoms with Gasteiger partial charge in [-0.2, -0.15) is 0 Å². The van der Waals surface area contributed by atoms with Crippen molar-refractivity contribution in [1.82, 2.24) is 62.2 Å². The van der Waals surface area contributed by atoms with E-state index < -0.39 is 131 Å². The summed E-state index contributed by atoms with van der Waals surface area (Å²) in [6, 6.07) is 0.629. The molecule has 2 heterocycles. The van der Waals surface area contributed by atoms with Gasteiger partial charge in [0.2, 0.25) is 47.3 Å². The first-order chi connectivity index (χ1) is 56.7. The molecule has 1 aliphatic rings. The van der Waals surface area contributed by atoms with Crippen LogP contribution in [0.4, 0.5) is 0 Å². The smallest absolute Gasteiger partial charge is 0.306 e. The Hall–Kier alpha value is -8.25. The summed E-state index contributed by atoms with van der Waals surface area (Å²) in [4.78, 5) is 167. The summed E-state index contributed by atoms with van der Waals surface area (Å²) in [6.45, 7) is 24.1. The standard InChI is InChI=1S/C81H134N12O25S/c1-14-56(6)72(78(105)92(12)64(54(2)3)50-65(95)77-88-63(53-119-77)75(103)86-60(48-57(7)79(106)107)49-59-20-22-61(94)23-21-59)90-80(108)81(9,10)91(11)29-27-83-67(97)51-84-73(101)58(8)85-76(104)71(55(4)5)89-74(102)62(87-66(96)19-17-28-93-69(99)24-25-70(93)100)18-15-16-26-82-68(98)52-118-47-46-117-45-44-116-43-42-115-41-40-114-39-38-113-37-36-112-35-34-111-33-32-110-31-30-109-13/h20-25,53-58,60,62,64-65,71-72,94-95H,14-19,26-52H2,1-13H3,(H,82,98)(H,83,97)(H,84,101)(H,85,104)(H,86,103)(H,87,96)(H,89,102)(H,90,108)(H,106,107)/t56-,57-,58-,60+,62-,64+,65+,71-,72-/m0/s1. The Kier molecular flexibility index (Phi) is 52.4. The van der Waals surface area contributed by atoms with Gasteiger partial charge in [-0.15, -0.1) is 11.3 Å². The number of phenolic OH excluding ortho intramolecular Hbond substituents is 1. The van der Waals surface area contributed by atoms with Crippen molar-refractivity contribution in [2.45, 2.75) is 175 Å². The number of aliphatic hydroxyl groups is 1. The molecule has 0 aliphatic carbocycles. The van der Waals surface area contributed by atoms with Gasteiger partial charge < -0.3 is 110 Å². The Balaban J connectivity index is 1.42. The average Bonchev–Trinajstić information content (AvgIpc) is 1.40. The van der Waals surface area contributed by atoms with E-state index in [1.165, 1.54) is 29.3 Å². The lowest BCUT2D eigenvalue weighted by molar-refractivity contribution is -0.142. The number of unbranched alkanes of at least 4 members (excludes halogenated alkanes) is 1. The van der Waals surface area contributed by atoms with Gasteiger partial charge in [0.25, 0.3) is 17.7 Å². The molecule has 11 amide bonds. The molecular formula is C81H134N12O25S. The molecule has 0 unspecified atom stereocenters. The quantitative estimate of drug-likeness (QED) is 0.0331. The van der Waals surface area contributed by atoms with Crippen LogP contribution in [-0.4, -0.2) is 327 Å². The fraction of sp³-hybridized carbons (Fsp3) is 0.716. The molecule has 0 spiro atoms. The van der Waals surface area contributed by atoms with Crippen LogP contribution >= 0.6 is 11.3 Å². The number of benzene rings is 1. The monoisotopic (exact) mass is 1710 g/mol. The third-order valence-corrected chi connectivity index (χ3v) is 20.6. The van der Waals surface area contributed by atoms with Gasteiger partial charge in [-0.1, -0.05) is 67.0 Å². The molecule has 674 valence electrons. The van der Waals surface area contributed by atoms with Gasteiger partial charge in [0.05, 0.1) is 137 Å². The molecule has 1 aliphatic heterocycles. The predicted octanol–water partition coefficient (Wildman–Crippen LogP) is 1.60. The number of aromatic hydroxyl groups is 1. The van der Waals surface area contributed by atoms with Crippen LogP contribution in [0.25, 0.3) is 0 Å². The molecule has 0 fully saturated rings. The normalized spacial score (nSPS) is 14.5. The highest BCUT2D eigenvalue weighted by molar-refractivity contribution is 7.09. The third-order valence-electron chi connectivity index (χ3n) is 19.6. The fourth-order valence-electron chi connectivity index (χ4n) is 11.8. The maximum Gasteiger partial charge on any atom is 0.306 e. The number of imide groups is 1. The molecule has 0 saturated carbocycles. The van der Waals surface area contributed by atoms with Crippen LogP contribution in [0.5, 0.6) is 5.75 Å². The molecule has 2 aromatic rings. The summed E-state index contributed by atoms with van der Waals surface area (Å²) >= 11 is 1.06. The highest BCUT2D eigenvalue weighted by Gasteiger charge is 2.40. The number of methoxy groups -OCH3 is 1. The molecule has 38 heteroatoms. The van der Waals surface area contributed by atoms with Gasteiger partial charge in [0.15, 0.2) is 0 Å². The summed E-state index contributed by atoms with van der Waals surface area (Å²) in [5.41, 5.74) is -0.449. The zero-order valence-corrected chi connectivity index (χ0v) is 72.6. The number of rotatable bonds is 68. The number of phenols is 1. The maximum atomic E-state index is 14.6. The Morgan fingerprint density at radius 3 is 1.63 bits per heavy atom. The van der Waals surface area contributed by atoms with E-state index in [1.807, 2.05) is 27.7 Å². The summed E-state index contributed by atoms with van der Waals surface area (Å²) in [5.74, 6) is -8.99. The van der Waals surface area contributed by atoms with Gasteiger partial charge >= 0.3 is 5.97 Å². The molecule has 37 nitrogen and oxygen atoms in total. The minimum absolute atomic E-state index is 0.0213. The number of carbonyl (C=O) groups excluding carboxylic acids is 11. The lowest BCUT2D eigenvalue weighted by Crippen LogP contribution is -2.61. The number of thiazole rings is 1. The number of aliphatic hydroxyl groups excluding tert-OH is 1. The maximum absolute atomic E-state index is 14.6. The van der Waals surface area contributed by atoms with E-state index in [2.05, 4.69) is 47.5 Å². The van der Waals surface area contributed by atoms with E-state index in [0.717, 1.165) is 34.0 Å². The fourth-order valence-corrected chi connectivity index (χ4v) is 12.6. The van der Waals surface area contributed by atoms with Gasteiger partial charge in [0, 0.05) is 82.8 Å². The molecule has 0 saturated heterocycles. The summed E-state index contributed by atoms with van der Waals surface area (Å²) in [5, 5.41) is 54.5. The molecule has 0 bridgehead atoms. The van der Waals surface area contributed by atoms with Gasteiger partial charge in [-0.05, 0) is 102 Å². The summed E-state index contributed by atoms with van der Waals surface area (Å²) < 4.78 is 54.1. The molecule has 1 aromatic carbocycles. The molecular weight excluding hydrogens is 1570 g/mol. The number of aliphatic carboxylic acids is 1. The summed E-state index contributed by atoms with van der Waals surface area (Å²) in [7, 11) is 4.90. The SMILES string of the molecule is CC[C@H](C)[C@H](NC(=O)C(C)(C)N(C)CCNC(=O)CNC(=O)[C@H](C)NC(=O)[C@@H](NC(=O)[C@H](CCCCNC(=O)COCCOCCOCCOCCOCCOCCOCCOCCOCCOC)NC(=O)CCCN1C(=O)C=CC1=O)C(C)C)C(=O)N(C)[C@H](C[C@@H](O)c1nc(C(=O)N[C@@H](Cc2ccc(O)cc2)C[C@H](C)C(=O)O)cs1)C(C)C. The summed E-state index contributed by atoms with van der Waals surface area (Å²) in [6.07, 6.45) is 2.74. The molecule has 1 aromatic heterocycles. The number of amides is 11. The Morgan fingerprint density at radius 1 is 0.588 bits per heavy atom. The van der Waals surface area contributed by atoms with E-state index in [0.29, 0.717) is 125 Å². The first-order valence-corrected chi connectivity index (χ1v) is 41.8. The van der Waals surface area contributed by atoms with Crippen LogP contribution in [0.3, 0.4) is 0 Å². The number of hydrogen-bond donors (Lipinski definition) is 11. The molecule has 9 atom stereocenters. The van der Waals surface area contributed by atoms with Crippen LogP contribution < -0.4 is 42.5 Å². The van der Waals surface area contributed by atoms with Crippen molar-refractivity contribution < 1.29 is 120 Å². The van der Waals surface area contributed by atoms with Crippen LogP contribution in [0, 0.1) is 23.7 Å². The van der Waals surface area contributed by atoms with E-state index in [-0.39, 0.29) is 119 Å². The minimum atomic E-state index is -1.24. The van der Waals surface area contributed by atoms with Crippen molar-refractivity contribution in [3.63, 3.8) is 0 Å². The number of carbonyl (C=O) groups is 12. The van der Waals surface area contributed by atoms with E-state index in [1.54, 1.807) is 72.9 Å². The Bertz CT molecular complexity index is 3390. The number of hydrogen-bond acceptors (Lipinski definition) is 27. The largest absolute Gasteiger partial charge is 0.508 e. The first-order valence-electron chi connectivity index (χ1n) is 40.9. The van der Waals surface area contributed by atoms with Crippen LogP contribution in [0.1, 0.15) is 148 Å². The highest BCUT2D eigenvalue weighted by Crippen LogP contribution is 2.29. The minimum Gasteiger partial charge on any atom is -0.508 e. The second kappa shape index (κ2) is 59.5. The van der Waals surface area contributed by atoms with Crippen LogP contribution in [-0.2, 0) is 107 Å². The average molecular weight is 1710 g/mol. The first kappa shape index (κ1) is 105. The van der Waals surface area contributed by atoms with Crippen molar-refractivity contribution in [1.29, 1.82) is 0 Å². The van der Waals surface area contributed by atoms with Gasteiger partial charge in [-0.25, -0.2) is 4.98 Å². The van der Waals surface area contributed by atoms with Gasteiger partial charge in [-0.3, -0.25) is 67.3 Å². The Labute approximate surface area is 703 Å². The highest BCUT2D eigenvalue weighted by atomic mass is 32.1. The second-order valence-corrected chi connectivity index (χ2v) is 31.0. The van der Waals surface area contributed by atoms with Crippen LogP contribution in [0.15, 0.2) is 41.8 Å². The molecule has 119 heavy (non-hydrogen) atoms.